The van der Waals surface area contributed by atoms with Gasteiger partial charge in [0.25, 0.3) is 0 Å². The van der Waals surface area contributed by atoms with E-state index in [9.17, 15) is 18.5 Å². The second-order valence-corrected chi connectivity index (χ2v) is 6.50. The normalized spacial score (nSPS) is 11.0. The lowest BCUT2D eigenvalue weighted by molar-refractivity contribution is -0.390. The quantitative estimate of drug-likeness (QED) is 0.394. The van der Waals surface area contributed by atoms with Gasteiger partial charge in [-0.05, 0) is 33.7 Å². The van der Waals surface area contributed by atoms with E-state index >= 15 is 0 Å². The largest absolute Gasteiger partial charge is 0.407 e. The molecule has 0 saturated heterocycles. The first-order chi connectivity index (χ1) is 12.0. The Morgan fingerprint density at radius 1 is 0.920 bits per heavy atom. The van der Waals surface area contributed by atoms with Crippen molar-refractivity contribution in [1.29, 1.82) is 0 Å². The highest BCUT2D eigenvalue weighted by molar-refractivity contribution is 7.87. The van der Waals surface area contributed by atoms with Gasteiger partial charge in [0, 0.05) is 5.56 Å². The molecule has 0 amide bonds. The van der Waals surface area contributed by atoms with Gasteiger partial charge >= 0.3 is 15.9 Å². The third-order valence-electron chi connectivity index (χ3n) is 3.36. The van der Waals surface area contributed by atoms with E-state index in [2.05, 4.69) is 4.98 Å². The summed E-state index contributed by atoms with van der Waals surface area (Å²) in [6, 6.07) is 17.8. The van der Waals surface area contributed by atoms with Crippen molar-refractivity contribution in [2.24, 2.45) is 0 Å². The first-order valence-electron chi connectivity index (χ1n) is 7.17. The topological polar surface area (TPSA) is 99.4 Å². The molecule has 2 aromatic carbocycles. The lowest BCUT2D eigenvalue weighted by Gasteiger charge is -2.11. The first kappa shape index (κ1) is 16.6. The van der Waals surface area contributed by atoms with Gasteiger partial charge < -0.3 is 14.3 Å². The van der Waals surface area contributed by atoms with Crippen LogP contribution in [-0.4, -0.2) is 18.3 Å². The van der Waals surface area contributed by atoms with Crippen LogP contribution >= 0.6 is 0 Å². The molecule has 0 unspecified atom stereocenters. The third-order valence-corrected chi connectivity index (χ3v) is 4.66. The second kappa shape index (κ2) is 6.70. The van der Waals surface area contributed by atoms with Crippen LogP contribution in [0.4, 0.5) is 5.82 Å². The number of rotatable bonds is 5. The Morgan fingerprint density at radius 2 is 1.60 bits per heavy atom. The lowest BCUT2D eigenvalue weighted by atomic mass is 10.1. The molecule has 7 nitrogen and oxygen atoms in total. The summed E-state index contributed by atoms with van der Waals surface area (Å²) in [4.78, 5) is 13.7. The minimum Gasteiger partial charge on any atom is -0.370 e. The SMILES string of the molecule is O=[N+]([O-])c1ncccc1OS(=O)(=O)c1ccccc1-c1ccccc1. The monoisotopic (exact) mass is 356 g/mol. The van der Waals surface area contributed by atoms with Crippen LogP contribution in [0.3, 0.4) is 0 Å². The molecule has 3 rings (SSSR count). The second-order valence-electron chi connectivity index (χ2n) is 4.98. The average Bonchev–Trinajstić information content (AvgIpc) is 2.62. The Hall–Kier alpha value is -3.26. The number of hydrogen-bond donors (Lipinski definition) is 0. The summed E-state index contributed by atoms with van der Waals surface area (Å²) in [5.74, 6) is -1.10. The van der Waals surface area contributed by atoms with Gasteiger partial charge in [-0.1, -0.05) is 48.5 Å². The zero-order valence-electron chi connectivity index (χ0n) is 12.8. The predicted octanol–water partition coefficient (Wildman–Crippen LogP) is 3.42. The van der Waals surface area contributed by atoms with E-state index in [-0.39, 0.29) is 4.90 Å². The highest BCUT2D eigenvalue weighted by Gasteiger charge is 2.26. The van der Waals surface area contributed by atoms with Gasteiger partial charge in [0.2, 0.25) is 5.75 Å². The fourth-order valence-corrected chi connectivity index (χ4v) is 3.45. The number of aromatic nitrogens is 1. The van der Waals surface area contributed by atoms with Crippen molar-refractivity contribution in [3.05, 3.63) is 83.0 Å². The fraction of sp³-hybridized carbons (Fsp3) is 0. The molecular formula is C17H12N2O5S. The number of benzene rings is 2. The van der Waals surface area contributed by atoms with Crippen molar-refractivity contribution in [2.45, 2.75) is 4.90 Å². The van der Waals surface area contributed by atoms with Gasteiger partial charge in [-0.15, -0.1) is 0 Å². The van der Waals surface area contributed by atoms with Crippen molar-refractivity contribution < 1.29 is 17.5 Å². The maximum atomic E-state index is 12.7. The molecule has 0 saturated carbocycles. The Bertz CT molecular complexity index is 1020. The molecule has 0 atom stereocenters. The summed E-state index contributed by atoms with van der Waals surface area (Å²) in [6.07, 6.45) is 1.19. The molecule has 3 aromatic rings. The Balaban J connectivity index is 2.07. The Labute approximate surface area is 143 Å². The zero-order chi connectivity index (χ0) is 17.9. The molecule has 0 spiro atoms. The molecule has 1 aromatic heterocycles. The molecule has 0 bridgehead atoms. The van der Waals surface area contributed by atoms with Crippen molar-refractivity contribution in [3.8, 4) is 16.9 Å². The molecular weight excluding hydrogens is 344 g/mol. The minimum atomic E-state index is -4.29. The Kier molecular flexibility index (Phi) is 4.44. The van der Waals surface area contributed by atoms with Crippen molar-refractivity contribution in [2.75, 3.05) is 0 Å². The number of pyridine rings is 1. The predicted molar refractivity (Wildman–Crippen MR) is 90.6 cm³/mol. The Morgan fingerprint density at radius 3 is 2.32 bits per heavy atom. The number of hydrogen-bond acceptors (Lipinski definition) is 6. The summed E-state index contributed by atoms with van der Waals surface area (Å²) in [6.45, 7) is 0. The van der Waals surface area contributed by atoms with E-state index in [1.54, 1.807) is 42.5 Å². The number of nitrogens with zero attached hydrogens (tertiary/aromatic N) is 2. The molecule has 0 radical (unpaired) electrons. The highest BCUT2D eigenvalue weighted by Crippen LogP contribution is 2.31. The van der Waals surface area contributed by atoms with Gasteiger partial charge in [-0.2, -0.15) is 8.42 Å². The highest BCUT2D eigenvalue weighted by atomic mass is 32.2. The number of nitro groups is 1. The summed E-state index contributed by atoms with van der Waals surface area (Å²) < 4.78 is 30.4. The minimum absolute atomic E-state index is 0.0839. The van der Waals surface area contributed by atoms with E-state index in [4.69, 9.17) is 4.18 Å². The van der Waals surface area contributed by atoms with Crippen LogP contribution in [0.1, 0.15) is 0 Å². The van der Waals surface area contributed by atoms with Gasteiger partial charge in [-0.25, -0.2) is 0 Å². The smallest absolute Gasteiger partial charge is 0.370 e. The molecule has 0 aliphatic rings. The van der Waals surface area contributed by atoms with Crippen LogP contribution in [0.2, 0.25) is 0 Å². The van der Waals surface area contributed by atoms with Gasteiger partial charge in [-0.3, -0.25) is 0 Å². The third kappa shape index (κ3) is 3.48. The van der Waals surface area contributed by atoms with Crippen LogP contribution in [-0.2, 0) is 10.1 Å². The van der Waals surface area contributed by atoms with E-state index in [1.165, 1.54) is 24.4 Å². The van der Waals surface area contributed by atoms with E-state index in [1.807, 2.05) is 6.07 Å². The van der Waals surface area contributed by atoms with Gasteiger partial charge in [0.15, 0.2) is 0 Å². The van der Waals surface area contributed by atoms with E-state index < -0.39 is 26.6 Å². The van der Waals surface area contributed by atoms with Crippen molar-refractivity contribution >= 4 is 15.9 Å². The van der Waals surface area contributed by atoms with Gasteiger partial charge in [0.1, 0.15) is 11.1 Å². The van der Waals surface area contributed by atoms with Crippen LogP contribution in [0, 0.1) is 10.1 Å². The molecule has 1 heterocycles. The summed E-state index contributed by atoms with van der Waals surface area (Å²) >= 11 is 0. The molecule has 0 aliphatic heterocycles. The average molecular weight is 356 g/mol. The molecule has 25 heavy (non-hydrogen) atoms. The molecule has 0 N–H and O–H groups in total. The van der Waals surface area contributed by atoms with Crippen LogP contribution in [0.25, 0.3) is 11.1 Å². The molecule has 8 heteroatoms. The fourth-order valence-electron chi connectivity index (χ4n) is 2.29. The van der Waals surface area contributed by atoms with Crippen molar-refractivity contribution in [3.63, 3.8) is 0 Å². The summed E-state index contributed by atoms with van der Waals surface area (Å²) in [7, 11) is -4.29. The van der Waals surface area contributed by atoms with Crippen LogP contribution < -0.4 is 4.18 Å². The lowest BCUT2D eigenvalue weighted by Crippen LogP contribution is -2.12. The van der Waals surface area contributed by atoms with Crippen LogP contribution in [0.5, 0.6) is 5.75 Å². The van der Waals surface area contributed by atoms with E-state index in [0.29, 0.717) is 11.1 Å². The maximum absolute atomic E-state index is 12.7. The van der Waals surface area contributed by atoms with E-state index in [0.717, 1.165) is 0 Å². The first-order valence-corrected chi connectivity index (χ1v) is 8.58. The summed E-state index contributed by atoms with van der Waals surface area (Å²) in [5, 5.41) is 11.0. The maximum Gasteiger partial charge on any atom is 0.407 e. The zero-order valence-corrected chi connectivity index (χ0v) is 13.6. The molecule has 0 aliphatic carbocycles. The van der Waals surface area contributed by atoms with Crippen LogP contribution in [0.15, 0.2) is 77.8 Å². The van der Waals surface area contributed by atoms with Gasteiger partial charge in [0.05, 0.1) is 0 Å². The van der Waals surface area contributed by atoms with Crippen molar-refractivity contribution in [1.82, 2.24) is 4.98 Å². The standard InChI is InChI=1S/C17H12N2O5S/c20-19(21)17-15(10-6-12-18-17)24-25(22,23)16-11-5-4-9-14(16)13-7-2-1-3-8-13/h1-12H. The summed E-state index contributed by atoms with van der Waals surface area (Å²) in [5.41, 5.74) is 1.13. The molecule has 0 fully saturated rings. The molecule has 126 valence electrons.